The van der Waals surface area contributed by atoms with Crippen molar-refractivity contribution in [3.05, 3.63) is 35.5 Å². The number of hydrogen-bond acceptors (Lipinski definition) is 3. The minimum absolute atomic E-state index is 0.161. The van der Waals surface area contributed by atoms with Gasteiger partial charge in [0.05, 0.1) is 5.69 Å². The number of rotatable bonds is 2. The van der Waals surface area contributed by atoms with Crippen LogP contribution in [0.3, 0.4) is 0 Å². The van der Waals surface area contributed by atoms with Crippen molar-refractivity contribution >= 4 is 16.7 Å². The van der Waals surface area contributed by atoms with Gasteiger partial charge in [0.2, 0.25) is 0 Å². The van der Waals surface area contributed by atoms with Crippen LogP contribution in [-0.4, -0.2) is 59.9 Å². The molecule has 2 aliphatic rings. The van der Waals surface area contributed by atoms with E-state index in [-0.39, 0.29) is 5.92 Å². The van der Waals surface area contributed by atoms with Gasteiger partial charge in [0.15, 0.2) is 5.78 Å². The predicted molar refractivity (Wildman–Crippen MR) is 93.0 cm³/mol. The van der Waals surface area contributed by atoms with E-state index in [1.807, 2.05) is 7.05 Å². The lowest BCUT2D eigenvalue weighted by atomic mass is 9.85. The molecule has 0 radical (unpaired) electrons. The Labute approximate surface area is 137 Å². The van der Waals surface area contributed by atoms with Gasteiger partial charge in [-0.15, -0.1) is 0 Å². The van der Waals surface area contributed by atoms with Crippen molar-refractivity contribution in [3.63, 3.8) is 0 Å². The van der Waals surface area contributed by atoms with E-state index in [0.717, 1.165) is 51.3 Å². The second-order valence-electron chi connectivity index (χ2n) is 7.11. The summed E-state index contributed by atoms with van der Waals surface area (Å²) >= 11 is 0. The van der Waals surface area contributed by atoms with Crippen molar-refractivity contribution in [3.8, 4) is 0 Å². The zero-order chi connectivity index (χ0) is 16.0. The first-order valence-electron chi connectivity index (χ1n) is 8.66. The van der Waals surface area contributed by atoms with Gasteiger partial charge in [-0.2, -0.15) is 0 Å². The van der Waals surface area contributed by atoms with Crippen LogP contribution in [0.25, 0.3) is 10.9 Å². The summed E-state index contributed by atoms with van der Waals surface area (Å²) in [5, 5.41) is 1.26. The van der Waals surface area contributed by atoms with Crippen LogP contribution in [-0.2, 0) is 13.5 Å². The Morgan fingerprint density at radius 1 is 1.09 bits per heavy atom. The predicted octanol–water partition coefficient (Wildman–Crippen LogP) is 2.17. The van der Waals surface area contributed by atoms with Crippen molar-refractivity contribution in [1.29, 1.82) is 0 Å². The SMILES string of the molecule is CN1CCN(CC2CCc3c(n(C)c4ccccc34)C2=O)CC1. The lowest BCUT2D eigenvalue weighted by Crippen LogP contribution is -2.47. The summed E-state index contributed by atoms with van der Waals surface area (Å²) in [7, 11) is 4.21. The highest BCUT2D eigenvalue weighted by Gasteiger charge is 2.33. The maximum atomic E-state index is 13.1. The normalized spacial score (nSPS) is 23.4. The van der Waals surface area contributed by atoms with E-state index in [2.05, 4.69) is 45.7 Å². The Bertz CT molecular complexity index is 740. The molecule has 1 unspecified atom stereocenters. The molecule has 1 aromatic carbocycles. The average Bonchev–Trinajstić information content (AvgIpc) is 2.86. The number of carbonyl (C=O) groups excluding carboxylic acids is 1. The third-order valence-corrected chi connectivity index (χ3v) is 5.63. The number of likely N-dealkylation sites (N-methyl/N-ethyl adjacent to an activating group) is 1. The maximum absolute atomic E-state index is 13.1. The molecule has 1 aromatic heterocycles. The Morgan fingerprint density at radius 2 is 1.83 bits per heavy atom. The van der Waals surface area contributed by atoms with Gasteiger partial charge in [0.1, 0.15) is 0 Å². The quantitative estimate of drug-likeness (QED) is 0.851. The molecule has 122 valence electrons. The molecular weight excluding hydrogens is 286 g/mol. The summed E-state index contributed by atoms with van der Waals surface area (Å²) < 4.78 is 2.11. The average molecular weight is 311 g/mol. The van der Waals surface area contributed by atoms with Crippen molar-refractivity contribution in [2.24, 2.45) is 13.0 Å². The molecule has 1 atom stereocenters. The largest absolute Gasteiger partial charge is 0.341 e. The minimum Gasteiger partial charge on any atom is -0.341 e. The number of aryl methyl sites for hydroxylation is 2. The number of aromatic nitrogens is 1. The van der Waals surface area contributed by atoms with Crippen LogP contribution in [0.2, 0.25) is 0 Å². The standard InChI is InChI=1S/C19H25N3O/c1-20-9-11-22(12-10-20)13-14-7-8-16-15-5-3-4-6-17(15)21(2)18(16)19(14)23/h3-6,14H,7-13H2,1-2H3. The first-order chi connectivity index (χ1) is 11.1. The minimum atomic E-state index is 0.161. The van der Waals surface area contributed by atoms with Crippen molar-refractivity contribution < 1.29 is 4.79 Å². The molecule has 1 fully saturated rings. The highest BCUT2D eigenvalue weighted by molar-refractivity contribution is 6.05. The lowest BCUT2D eigenvalue weighted by molar-refractivity contribution is 0.0804. The molecule has 2 aromatic rings. The molecule has 0 amide bonds. The highest BCUT2D eigenvalue weighted by atomic mass is 16.1. The van der Waals surface area contributed by atoms with E-state index >= 15 is 0 Å². The van der Waals surface area contributed by atoms with Gasteiger partial charge >= 0.3 is 0 Å². The van der Waals surface area contributed by atoms with E-state index in [1.54, 1.807) is 0 Å². The fraction of sp³-hybridized carbons (Fsp3) is 0.526. The molecule has 1 aliphatic carbocycles. The maximum Gasteiger partial charge on any atom is 0.183 e. The van der Waals surface area contributed by atoms with Crippen LogP contribution in [0.5, 0.6) is 0 Å². The summed E-state index contributed by atoms with van der Waals surface area (Å²) in [6, 6.07) is 8.40. The number of fused-ring (bicyclic) bond motifs is 3. The molecule has 1 aliphatic heterocycles. The van der Waals surface area contributed by atoms with Crippen LogP contribution >= 0.6 is 0 Å². The summed E-state index contributed by atoms with van der Waals surface area (Å²) in [5.74, 6) is 0.512. The smallest absolute Gasteiger partial charge is 0.183 e. The van der Waals surface area contributed by atoms with Gasteiger partial charge in [-0.1, -0.05) is 18.2 Å². The van der Waals surface area contributed by atoms with E-state index < -0.39 is 0 Å². The van der Waals surface area contributed by atoms with Crippen LogP contribution in [0.1, 0.15) is 22.5 Å². The molecule has 23 heavy (non-hydrogen) atoms. The van der Waals surface area contributed by atoms with Crippen LogP contribution in [0.15, 0.2) is 24.3 Å². The summed E-state index contributed by atoms with van der Waals surface area (Å²) in [5.41, 5.74) is 3.41. The fourth-order valence-electron chi connectivity index (χ4n) is 4.20. The number of hydrogen-bond donors (Lipinski definition) is 0. The Morgan fingerprint density at radius 3 is 2.61 bits per heavy atom. The highest BCUT2D eigenvalue weighted by Crippen LogP contribution is 2.33. The molecular formula is C19H25N3O. The Hall–Kier alpha value is -1.65. The number of ketones is 1. The molecule has 0 N–H and O–H groups in total. The van der Waals surface area contributed by atoms with E-state index in [4.69, 9.17) is 0 Å². The zero-order valence-electron chi connectivity index (χ0n) is 14.1. The summed E-state index contributed by atoms with van der Waals surface area (Å²) in [6.07, 6.45) is 2.02. The number of nitrogens with zero attached hydrogens (tertiary/aromatic N) is 3. The van der Waals surface area contributed by atoms with Crippen molar-refractivity contribution in [2.45, 2.75) is 12.8 Å². The van der Waals surface area contributed by atoms with Crippen molar-refractivity contribution in [2.75, 3.05) is 39.8 Å². The molecule has 4 nitrogen and oxygen atoms in total. The number of Topliss-reactive ketones (excluding diaryl/α,β-unsaturated/α-hetero) is 1. The van der Waals surface area contributed by atoms with Gasteiger partial charge in [-0.05, 0) is 31.5 Å². The van der Waals surface area contributed by atoms with E-state index in [1.165, 1.54) is 16.5 Å². The summed E-state index contributed by atoms with van der Waals surface area (Å²) in [4.78, 5) is 17.9. The molecule has 4 heteroatoms. The Balaban J connectivity index is 1.60. The van der Waals surface area contributed by atoms with Crippen LogP contribution < -0.4 is 0 Å². The lowest BCUT2D eigenvalue weighted by Gasteiger charge is -2.35. The fourth-order valence-corrected chi connectivity index (χ4v) is 4.20. The first kappa shape index (κ1) is 14.9. The monoisotopic (exact) mass is 311 g/mol. The number of carbonyl (C=O) groups is 1. The Kier molecular flexibility index (Phi) is 3.74. The number of para-hydroxylation sites is 1. The molecule has 1 saturated heterocycles. The van der Waals surface area contributed by atoms with Gasteiger partial charge < -0.3 is 14.4 Å². The van der Waals surface area contributed by atoms with Crippen LogP contribution in [0, 0.1) is 5.92 Å². The third-order valence-electron chi connectivity index (χ3n) is 5.63. The number of benzene rings is 1. The molecule has 2 heterocycles. The topological polar surface area (TPSA) is 28.5 Å². The van der Waals surface area contributed by atoms with Crippen molar-refractivity contribution in [1.82, 2.24) is 14.4 Å². The molecule has 4 rings (SSSR count). The molecule has 0 saturated carbocycles. The van der Waals surface area contributed by atoms with Gasteiger partial charge in [0, 0.05) is 56.6 Å². The molecule has 0 bridgehead atoms. The summed E-state index contributed by atoms with van der Waals surface area (Å²) in [6.45, 7) is 5.32. The van der Waals surface area contributed by atoms with E-state index in [0.29, 0.717) is 5.78 Å². The van der Waals surface area contributed by atoms with E-state index in [9.17, 15) is 4.79 Å². The first-order valence-corrected chi connectivity index (χ1v) is 8.66. The van der Waals surface area contributed by atoms with Crippen LogP contribution in [0.4, 0.5) is 0 Å². The van der Waals surface area contributed by atoms with Gasteiger partial charge in [0.25, 0.3) is 0 Å². The number of piperazine rings is 1. The third kappa shape index (κ3) is 2.50. The second-order valence-corrected chi connectivity index (χ2v) is 7.11. The second kappa shape index (κ2) is 5.77. The van der Waals surface area contributed by atoms with Gasteiger partial charge in [-0.25, -0.2) is 0 Å². The zero-order valence-corrected chi connectivity index (χ0v) is 14.1. The van der Waals surface area contributed by atoms with Gasteiger partial charge in [-0.3, -0.25) is 4.79 Å². The molecule has 0 spiro atoms.